The fourth-order valence-corrected chi connectivity index (χ4v) is 2.67. The number of nitrogens with two attached hydrogens (primary N) is 1. The first-order valence-corrected chi connectivity index (χ1v) is 8.07. The summed E-state index contributed by atoms with van der Waals surface area (Å²) in [5, 5.41) is 4.02. The third-order valence-electron chi connectivity index (χ3n) is 3.95. The van der Waals surface area contributed by atoms with Crippen molar-refractivity contribution in [2.45, 2.75) is 33.1 Å². The Morgan fingerprint density at radius 3 is 2.42 bits per heavy atom. The summed E-state index contributed by atoms with van der Waals surface area (Å²) in [5.41, 5.74) is 9.39. The molecule has 0 radical (unpaired) electrons. The van der Waals surface area contributed by atoms with Gasteiger partial charge in [-0.15, -0.1) is 0 Å². The lowest BCUT2D eigenvalue weighted by molar-refractivity contribution is 0.236. The second kappa shape index (κ2) is 7.86. The number of hydrogen-bond acceptors (Lipinski definition) is 5. The molecule has 0 fully saturated rings. The van der Waals surface area contributed by atoms with E-state index in [1.54, 1.807) is 0 Å². The molecule has 0 bridgehead atoms. The van der Waals surface area contributed by atoms with Gasteiger partial charge in [-0.25, -0.2) is 0 Å². The Hall–Kier alpha value is -2.50. The zero-order valence-corrected chi connectivity index (χ0v) is 13.9. The molecule has 5 heteroatoms. The smallest absolute Gasteiger partial charge is 0.240 e. The Labute approximate surface area is 142 Å². The van der Waals surface area contributed by atoms with Crippen molar-refractivity contribution in [3.8, 4) is 0 Å². The van der Waals surface area contributed by atoms with E-state index < -0.39 is 0 Å². The largest absolute Gasteiger partial charge is 0.338 e. The van der Waals surface area contributed by atoms with Gasteiger partial charge in [0.05, 0.1) is 13.1 Å². The van der Waals surface area contributed by atoms with E-state index in [9.17, 15) is 0 Å². The average Bonchev–Trinajstić information content (AvgIpc) is 3.05. The zero-order chi connectivity index (χ0) is 16.8. The van der Waals surface area contributed by atoms with Crippen LogP contribution in [0.25, 0.3) is 0 Å². The maximum absolute atomic E-state index is 5.55. The van der Waals surface area contributed by atoms with Crippen molar-refractivity contribution in [3.05, 3.63) is 83.0 Å². The molecule has 2 N–H and O–H groups in total. The molecule has 0 aliphatic rings. The molecule has 2 aromatic carbocycles. The molecule has 0 unspecified atom stereocenters. The van der Waals surface area contributed by atoms with E-state index >= 15 is 0 Å². The van der Waals surface area contributed by atoms with E-state index in [1.807, 2.05) is 6.07 Å². The maximum atomic E-state index is 5.55. The molecule has 3 rings (SSSR count). The quantitative estimate of drug-likeness (QED) is 0.724. The van der Waals surface area contributed by atoms with Crippen LogP contribution in [0.5, 0.6) is 0 Å². The van der Waals surface area contributed by atoms with E-state index in [2.05, 4.69) is 70.5 Å². The lowest BCUT2D eigenvalue weighted by atomic mass is 10.1. The summed E-state index contributed by atoms with van der Waals surface area (Å²) in [6.45, 7) is 4.67. The van der Waals surface area contributed by atoms with Crippen LogP contribution >= 0.6 is 0 Å². The number of rotatable bonds is 7. The molecule has 0 saturated heterocycles. The second-order valence-electron chi connectivity index (χ2n) is 5.87. The molecule has 24 heavy (non-hydrogen) atoms. The van der Waals surface area contributed by atoms with Gasteiger partial charge < -0.3 is 10.3 Å². The van der Waals surface area contributed by atoms with Gasteiger partial charge in [-0.3, -0.25) is 4.90 Å². The van der Waals surface area contributed by atoms with Gasteiger partial charge in [0.1, 0.15) is 0 Å². The summed E-state index contributed by atoms with van der Waals surface area (Å²) >= 11 is 0. The Morgan fingerprint density at radius 2 is 1.71 bits per heavy atom. The Balaban J connectivity index is 1.78. The maximum Gasteiger partial charge on any atom is 0.240 e. The molecule has 0 atom stereocenters. The van der Waals surface area contributed by atoms with Gasteiger partial charge in [0.2, 0.25) is 5.89 Å². The highest BCUT2D eigenvalue weighted by Crippen LogP contribution is 2.15. The van der Waals surface area contributed by atoms with Crippen LogP contribution in [0.1, 0.15) is 28.4 Å². The fourth-order valence-electron chi connectivity index (χ4n) is 2.67. The molecular formula is C19H22N4O. The van der Waals surface area contributed by atoms with Gasteiger partial charge in [-0.2, -0.15) is 4.98 Å². The molecule has 1 aromatic heterocycles. The van der Waals surface area contributed by atoms with Gasteiger partial charge in [0, 0.05) is 13.1 Å². The number of nitrogens with zero attached hydrogens (tertiary/aromatic N) is 3. The fraction of sp³-hybridized carbons (Fsp3) is 0.263. The lowest BCUT2D eigenvalue weighted by Gasteiger charge is -2.22. The summed E-state index contributed by atoms with van der Waals surface area (Å²) in [7, 11) is 0. The topological polar surface area (TPSA) is 68.2 Å². The Kier molecular flexibility index (Phi) is 5.36. The van der Waals surface area contributed by atoms with E-state index in [0.29, 0.717) is 18.3 Å². The van der Waals surface area contributed by atoms with Crippen LogP contribution in [0.15, 0.2) is 59.1 Å². The van der Waals surface area contributed by atoms with Gasteiger partial charge in [0.15, 0.2) is 5.82 Å². The Morgan fingerprint density at radius 1 is 0.958 bits per heavy atom. The highest BCUT2D eigenvalue weighted by molar-refractivity contribution is 5.25. The second-order valence-corrected chi connectivity index (χ2v) is 5.87. The number of hydrogen-bond donors (Lipinski definition) is 1. The van der Waals surface area contributed by atoms with Crippen LogP contribution < -0.4 is 5.73 Å². The van der Waals surface area contributed by atoms with Crippen molar-refractivity contribution in [3.63, 3.8) is 0 Å². The molecule has 1 heterocycles. The predicted molar refractivity (Wildman–Crippen MR) is 92.8 cm³/mol. The van der Waals surface area contributed by atoms with Crippen LogP contribution in [0.3, 0.4) is 0 Å². The van der Waals surface area contributed by atoms with Gasteiger partial charge in [-0.1, -0.05) is 59.8 Å². The third-order valence-corrected chi connectivity index (χ3v) is 3.95. The highest BCUT2D eigenvalue weighted by atomic mass is 16.5. The molecular weight excluding hydrogens is 300 g/mol. The molecule has 0 aliphatic heterocycles. The normalized spacial score (nSPS) is 11.1. The van der Waals surface area contributed by atoms with Crippen LogP contribution in [0, 0.1) is 6.92 Å². The number of aromatic nitrogens is 2. The van der Waals surface area contributed by atoms with E-state index in [-0.39, 0.29) is 6.54 Å². The van der Waals surface area contributed by atoms with Crippen molar-refractivity contribution < 1.29 is 4.52 Å². The molecule has 0 spiro atoms. The van der Waals surface area contributed by atoms with E-state index in [4.69, 9.17) is 10.3 Å². The van der Waals surface area contributed by atoms with Crippen molar-refractivity contribution in [2.24, 2.45) is 5.73 Å². The minimum absolute atomic E-state index is 0.267. The van der Waals surface area contributed by atoms with Crippen molar-refractivity contribution in [1.29, 1.82) is 0 Å². The molecule has 0 saturated carbocycles. The highest BCUT2D eigenvalue weighted by Gasteiger charge is 2.13. The standard InChI is InChI=1S/C19H22N4O/c1-15-7-5-6-10-17(15)13-23(12-16-8-3-2-4-9-16)14-18-21-19(11-20)24-22-18/h2-10H,11-14,20H2,1H3. The van der Waals surface area contributed by atoms with Crippen LogP contribution in [-0.2, 0) is 26.2 Å². The summed E-state index contributed by atoms with van der Waals surface area (Å²) < 4.78 is 5.13. The van der Waals surface area contributed by atoms with Crippen LogP contribution in [0.4, 0.5) is 0 Å². The lowest BCUT2D eigenvalue weighted by Crippen LogP contribution is -2.23. The van der Waals surface area contributed by atoms with Crippen molar-refractivity contribution in [1.82, 2.24) is 15.0 Å². The van der Waals surface area contributed by atoms with Crippen molar-refractivity contribution in [2.75, 3.05) is 0 Å². The van der Waals surface area contributed by atoms with Gasteiger partial charge in [-0.05, 0) is 23.6 Å². The first-order valence-electron chi connectivity index (χ1n) is 8.07. The Bertz CT molecular complexity index is 770. The summed E-state index contributed by atoms with van der Waals surface area (Å²) in [5.74, 6) is 1.14. The molecule has 3 aromatic rings. The average molecular weight is 322 g/mol. The SMILES string of the molecule is Cc1ccccc1CN(Cc1ccccc1)Cc1noc(CN)n1. The van der Waals surface area contributed by atoms with Crippen molar-refractivity contribution >= 4 is 0 Å². The minimum Gasteiger partial charge on any atom is -0.338 e. The summed E-state index contributed by atoms with van der Waals surface area (Å²) in [4.78, 5) is 6.64. The molecule has 124 valence electrons. The molecule has 0 aliphatic carbocycles. The van der Waals surface area contributed by atoms with Gasteiger partial charge >= 0.3 is 0 Å². The predicted octanol–water partition coefficient (Wildman–Crippen LogP) is 3.04. The summed E-state index contributed by atoms with van der Waals surface area (Å²) in [6, 6.07) is 18.8. The third kappa shape index (κ3) is 4.28. The van der Waals surface area contributed by atoms with Crippen LogP contribution in [0.2, 0.25) is 0 Å². The number of aryl methyl sites for hydroxylation is 1. The first kappa shape index (κ1) is 16.4. The van der Waals surface area contributed by atoms with Gasteiger partial charge in [0.25, 0.3) is 0 Å². The zero-order valence-electron chi connectivity index (χ0n) is 13.9. The number of benzene rings is 2. The minimum atomic E-state index is 0.267. The molecule has 5 nitrogen and oxygen atoms in total. The summed E-state index contributed by atoms with van der Waals surface area (Å²) in [6.07, 6.45) is 0. The molecule has 0 amide bonds. The monoisotopic (exact) mass is 322 g/mol. The first-order chi connectivity index (χ1) is 11.7. The van der Waals surface area contributed by atoms with E-state index in [1.165, 1.54) is 16.7 Å². The van der Waals surface area contributed by atoms with Crippen LogP contribution in [-0.4, -0.2) is 15.0 Å². The van der Waals surface area contributed by atoms with E-state index in [0.717, 1.165) is 13.1 Å².